The first-order valence-corrected chi connectivity index (χ1v) is 6.94. The van der Waals surface area contributed by atoms with E-state index in [-0.39, 0.29) is 18.9 Å². The van der Waals surface area contributed by atoms with E-state index in [0.717, 1.165) is 12.3 Å². The monoisotopic (exact) mass is 347 g/mol. The van der Waals surface area contributed by atoms with Gasteiger partial charge in [-0.15, -0.1) is 13.2 Å². The molecule has 0 saturated carbocycles. The van der Waals surface area contributed by atoms with Crippen molar-refractivity contribution in [3.05, 3.63) is 36.0 Å². The lowest BCUT2D eigenvalue weighted by molar-refractivity contribution is -0.274. The molecule has 0 aliphatic rings. The molecule has 0 heterocycles. The molecule has 0 unspecified atom stereocenters. The van der Waals surface area contributed by atoms with Crippen molar-refractivity contribution in [1.82, 2.24) is 0 Å². The number of alkyl halides is 3. The normalized spacial score (nSPS) is 10.5. The Balaban J connectivity index is 3.05. The zero-order chi connectivity index (χ0) is 18.2. The summed E-state index contributed by atoms with van der Waals surface area (Å²) in [5.41, 5.74) is -0.582. The number of anilines is 1. The maximum absolute atomic E-state index is 12.4. The van der Waals surface area contributed by atoms with Gasteiger partial charge in [-0.25, -0.2) is 9.59 Å². The van der Waals surface area contributed by atoms with Gasteiger partial charge in [0.25, 0.3) is 0 Å². The van der Waals surface area contributed by atoms with E-state index in [1.165, 1.54) is 18.2 Å². The van der Waals surface area contributed by atoms with Crippen molar-refractivity contribution < 1.29 is 37.0 Å². The highest BCUT2D eigenvalue weighted by Crippen LogP contribution is 2.30. The minimum absolute atomic E-state index is 0.0172. The van der Waals surface area contributed by atoms with Crippen molar-refractivity contribution in [2.24, 2.45) is 0 Å². The largest absolute Gasteiger partial charge is 0.573 e. The summed E-state index contributed by atoms with van der Waals surface area (Å²) in [4.78, 5) is 23.5. The second-order valence-electron chi connectivity index (χ2n) is 4.19. The minimum atomic E-state index is -4.88. The van der Waals surface area contributed by atoms with E-state index >= 15 is 0 Å². The van der Waals surface area contributed by atoms with Crippen LogP contribution in [0.15, 0.2) is 36.0 Å². The van der Waals surface area contributed by atoms with E-state index in [4.69, 9.17) is 9.47 Å². The molecule has 1 aromatic rings. The van der Waals surface area contributed by atoms with Crippen molar-refractivity contribution >= 4 is 17.6 Å². The summed E-state index contributed by atoms with van der Waals surface area (Å²) in [6.07, 6.45) is -3.97. The summed E-state index contributed by atoms with van der Waals surface area (Å²) in [5.74, 6) is -2.44. The van der Waals surface area contributed by atoms with Gasteiger partial charge in [-0.05, 0) is 26.0 Å². The van der Waals surface area contributed by atoms with Gasteiger partial charge in [0.1, 0.15) is 0 Å². The molecule has 0 aromatic heterocycles. The maximum atomic E-state index is 12.4. The molecule has 0 aliphatic carbocycles. The number of hydrogen-bond donors (Lipinski definition) is 1. The van der Waals surface area contributed by atoms with Crippen LogP contribution in [-0.4, -0.2) is 31.5 Å². The van der Waals surface area contributed by atoms with Crippen LogP contribution in [-0.2, 0) is 19.1 Å². The number of rotatable bonds is 7. The molecule has 0 atom stereocenters. The summed E-state index contributed by atoms with van der Waals surface area (Å²) in [6, 6.07) is 5.16. The predicted molar refractivity (Wildman–Crippen MR) is 78.1 cm³/mol. The first-order valence-electron chi connectivity index (χ1n) is 6.94. The SMILES string of the molecule is CCOC(=O)C(=CNc1ccccc1OC(F)(F)F)C(=O)OCC. The molecule has 1 rings (SSSR count). The molecule has 0 fully saturated rings. The Morgan fingerprint density at radius 1 is 1.08 bits per heavy atom. The van der Waals surface area contributed by atoms with Crippen LogP contribution in [0, 0.1) is 0 Å². The van der Waals surface area contributed by atoms with E-state index in [1.54, 1.807) is 13.8 Å². The Kier molecular flexibility index (Phi) is 7.09. The molecule has 1 aromatic carbocycles. The summed E-state index contributed by atoms with van der Waals surface area (Å²) < 4.78 is 50.4. The van der Waals surface area contributed by atoms with Crippen molar-refractivity contribution in [2.75, 3.05) is 18.5 Å². The molecule has 0 spiro atoms. The Bertz CT molecular complexity index is 593. The third-order valence-corrected chi connectivity index (χ3v) is 2.48. The molecule has 1 N–H and O–H groups in total. The Morgan fingerprint density at radius 2 is 1.62 bits per heavy atom. The van der Waals surface area contributed by atoms with Gasteiger partial charge in [0.15, 0.2) is 11.3 Å². The first-order chi connectivity index (χ1) is 11.3. The third kappa shape index (κ3) is 6.19. The number of carbonyl (C=O) groups excluding carboxylic acids is 2. The molecule has 0 saturated heterocycles. The van der Waals surface area contributed by atoms with Gasteiger partial charge in [0.05, 0.1) is 18.9 Å². The zero-order valence-corrected chi connectivity index (χ0v) is 13.0. The molecule has 0 radical (unpaired) electrons. The molecule has 6 nitrogen and oxygen atoms in total. The van der Waals surface area contributed by atoms with Crippen molar-refractivity contribution in [1.29, 1.82) is 0 Å². The van der Waals surface area contributed by atoms with Crippen molar-refractivity contribution in [3.63, 3.8) is 0 Å². The van der Waals surface area contributed by atoms with E-state index < -0.39 is 29.6 Å². The van der Waals surface area contributed by atoms with Crippen LogP contribution in [0.1, 0.15) is 13.8 Å². The molecular weight excluding hydrogens is 331 g/mol. The zero-order valence-electron chi connectivity index (χ0n) is 13.0. The van der Waals surface area contributed by atoms with Crippen LogP contribution < -0.4 is 10.1 Å². The topological polar surface area (TPSA) is 73.9 Å². The highest BCUT2D eigenvalue weighted by atomic mass is 19.4. The molecule has 24 heavy (non-hydrogen) atoms. The number of ether oxygens (including phenoxy) is 3. The smallest absolute Gasteiger partial charge is 0.462 e. The highest BCUT2D eigenvalue weighted by molar-refractivity contribution is 6.14. The summed E-state index contributed by atoms with van der Waals surface area (Å²) >= 11 is 0. The van der Waals surface area contributed by atoms with Gasteiger partial charge in [0, 0.05) is 6.20 Å². The van der Waals surface area contributed by atoms with Gasteiger partial charge in [-0.2, -0.15) is 0 Å². The average molecular weight is 347 g/mol. The summed E-state index contributed by atoms with van der Waals surface area (Å²) in [6.45, 7) is 3.12. The van der Waals surface area contributed by atoms with Gasteiger partial charge in [-0.1, -0.05) is 12.1 Å². The number of halogens is 3. The Morgan fingerprint density at radius 3 is 2.12 bits per heavy atom. The number of nitrogens with one attached hydrogen (secondary N) is 1. The third-order valence-electron chi connectivity index (χ3n) is 2.48. The number of hydrogen-bond acceptors (Lipinski definition) is 6. The molecule has 132 valence electrons. The summed E-state index contributed by atoms with van der Waals surface area (Å²) in [5, 5.41) is 2.43. The van der Waals surface area contributed by atoms with Crippen molar-refractivity contribution in [3.8, 4) is 5.75 Å². The molecular formula is C15H16F3NO5. The van der Waals surface area contributed by atoms with Gasteiger partial charge >= 0.3 is 18.3 Å². The minimum Gasteiger partial charge on any atom is -0.462 e. The number of carbonyl (C=O) groups is 2. The van der Waals surface area contributed by atoms with E-state index in [9.17, 15) is 22.8 Å². The van der Waals surface area contributed by atoms with E-state index in [0.29, 0.717) is 0 Å². The second-order valence-corrected chi connectivity index (χ2v) is 4.19. The average Bonchev–Trinajstić information content (AvgIpc) is 2.48. The number of para-hydroxylation sites is 2. The van der Waals surface area contributed by atoms with Crippen LogP contribution >= 0.6 is 0 Å². The standard InChI is InChI=1S/C15H16F3NO5/c1-3-22-13(20)10(14(21)23-4-2)9-19-11-7-5-6-8-12(11)24-15(16,17)18/h5-9,19H,3-4H2,1-2H3. The van der Waals surface area contributed by atoms with Crippen LogP contribution in [0.4, 0.5) is 18.9 Å². The lowest BCUT2D eigenvalue weighted by atomic mass is 10.2. The lowest BCUT2D eigenvalue weighted by Gasteiger charge is -2.13. The Hall–Kier alpha value is -2.71. The van der Waals surface area contributed by atoms with Crippen LogP contribution in [0.25, 0.3) is 0 Å². The summed E-state index contributed by atoms with van der Waals surface area (Å²) in [7, 11) is 0. The second kappa shape index (κ2) is 8.80. The fourth-order valence-electron chi connectivity index (χ4n) is 1.57. The maximum Gasteiger partial charge on any atom is 0.573 e. The quantitative estimate of drug-likeness (QED) is 0.354. The van der Waals surface area contributed by atoms with Crippen LogP contribution in [0.5, 0.6) is 5.75 Å². The molecule has 0 bridgehead atoms. The molecule has 9 heteroatoms. The number of esters is 2. The van der Waals surface area contributed by atoms with Crippen molar-refractivity contribution in [2.45, 2.75) is 20.2 Å². The van der Waals surface area contributed by atoms with Gasteiger partial charge in [0.2, 0.25) is 0 Å². The van der Waals surface area contributed by atoms with Gasteiger partial charge < -0.3 is 19.5 Å². The number of benzene rings is 1. The predicted octanol–water partition coefficient (Wildman–Crippen LogP) is 3.01. The van der Waals surface area contributed by atoms with E-state index in [2.05, 4.69) is 10.1 Å². The fourth-order valence-corrected chi connectivity index (χ4v) is 1.57. The Labute approximate surface area is 136 Å². The van der Waals surface area contributed by atoms with E-state index in [1.807, 2.05) is 0 Å². The lowest BCUT2D eigenvalue weighted by Crippen LogP contribution is -2.20. The highest BCUT2D eigenvalue weighted by Gasteiger charge is 2.32. The molecule has 0 aliphatic heterocycles. The fraction of sp³-hybridized carbons (Fsp3) is 0.333. The van der Waals surface area contributed by atoms with Crippen LogP contribution in [0.3, 0.4) is 0 Å². The first kappa shape index (κ1) is 19.3. The van der Waals surface area contributed by atoms with Gasteiger partial charge in [-0.3, -0.25) is 0 Å². The molecule has 0 amide bonds. The van der Waals surface area contributed by atoms with Crippen LogP contribution in [0.2, 0.25) is 0 Å².